The molecule has 27 heavy (non-hydrogen) atoms. The monoisotopic (exact) mass is 508 g/mol. The second kappa shape index (κ2) is 8.53. The summed E-state index contributed by atoms with van der Waals surface area (Å²) >= 11 is 2.10. The third-order valence-corrected chi connectivity index (χ3v) is 8.54. The molecule has 2 bridgehead atoms. The maximum atomic E-state index is 6.13. The Morgan fingerprint density at radius 3 is 2.48 bits per heavy atom. The molecule has 0 spiro atoms. The van der Waals surface area contributed by atoms with Crippen molar-refractivity contribution in [3.05, 3.63) is 0 Å². The van der Waals surface area contributed by atoms with E-state index in [1.165, 1.54) is 30.8 Å². The summed E-state index contributed by atoms with van der Waals surface area (Å²) in [4.78, 5) is 9.81. The zero-order chi connectivity index (χ0) is 17.6. The van der Waals surface area contributed by atoms with Gasteiger partial charge in [0.25, 0.3) is 0 Å². The smallest absolute Gasteiger partial charge is 0.193 e. The summed E-state index contributed by atoms with van der Waals surface area (Å²) < 4.78 is 11.7. The van der Waals surface area contributed by atoms with Gasteiger partial charge in [0.2, 0.25) is 0 Å². The van der Waals surface area contributed by atoms with Crippen LogP contribution in [-0.4, -0.2) is 98.0 Å². The molecule has 0 aromatic carbocycles. The van der Waals surface area contributed by atoms with Crippen LogP contribution in [0.25, 0.3) is 0 Å². The van der Waals surface area contributed by atoms with E-state index in [0.29, 0.717) is 12.2 Å². The Hall–Kier alpha value is 0.230. The summed E-state index contributed by atoms with van der Waals surface area (Å²) in [5.74, 6) is 5.04. The molecular weight excluding hydrogens is 475 g/mol. The molecule has 5 rings (SSSR count). The number of fused-ring (bicyclic) bond motifs is 5. The number of ether oxygens (including phenoxy) is 2. The number of halogens is 1. The second-order valence-corrected chi connectivity index (χ2v) is 9.66. The Morgan fingerprint density at radius 1 is 1.19 bits per heavy atom. The molecule has 5 fully saturated rings. The minimum absolute atomic E-state index is 0. The second-order valence-electron chi connectivity index (χ2n) is 8.55. The van der Waals surface area contributed by atoms with Crippen molar-refractivity contribution in [3.8, 4) is 0 Å². The Bertz CT molecular complexity index is 536. The summed E-state index contributed by atoms with van der Waals surface area (Å²) in [5, 5.41) is 3.77. The molecule has 0 amide bonds. The van der Waals surface area contributed by atoms with E-state index in [2.05, 4.69) is 31.9 Å². The number of thioether (sulfide) groups is 1. The average molecular weight is 508 g/mol. The molecule has 5 aliphatic rings. The van der Waals surface area contributed by atoms with Crippen molar-refractivity contribution in [2.24, 2.45) is 16.8 Å². The lowest BCUT2D eigenvalue weighted by Crippen LogP contribution is -2.60. The number of guanidine groups is 1. The van der Waals surface area contributed by atoms with Crippen LogP contribution in [0.1, 0.15) is 19.3 Å². The SMILES string of the molecule is CN=C(NCC1(N2CCOCC2)CCSC1)N1CC2C3CCC(O3)C2C1.I. The highest BCUT2D eigenvalue weighted by atomic mass is 127. The van der Waals surface area contributed by atoms with Gasteiger partial charge < -0.3 is 19.7 Å². The van der Waals surface area contributed by atoms with E-state index in [1.54, 1.807) is 0 Å². The molecule has 0 radical (unpaired) electrons. The Morgan fingerprint density at radius 2 is 1.89 bits per heavy atom. The molecule has 6 nitrogen and oxygen atoms in total. The number of aliphatic imine (C=N–C) groups is 1. The van der Waals surface area contributed by atoms with Gasteiger partial charge in [-0.05, 0) is 25.0 Å². The van der Waals surface area contributed by atoms with Gasteiger partial charge in [0.05, 0.1) is 25.4 Å². The molecule has 8 heteroatoms. The molecule has 5 aliphatic heterocycles. The minimum atomic E-state index is 0. The molecule has 5 heterocycles. The minimum Gasteiger partial charge on any atom is -0.379 e. The third-order valence-electron chi connectivity index (χ3n) is 7.30. The molecular formula is C19H33IN4O2S. The molecule has 154 valence electrons. The van der Waals surface area contributed by atoms with Gasteiger partial charge in [-0.3, -0.25) is 9.89 Å². The van der Waals surface area contributed by atoms with Crippen molar-refractivity contribution in [1.29, 1.82) is 0 Å². The van der Waals surface area contributed by atoms with Crippen LogP contribution in [0.4, 0.5) is 0 Å². The fourth-order valence-electron chi connectivity index (χ4n) is 5.84. The van der Waals surface area contributed by atoms with E-state index in [4.69, 9.17) is 9.47 Å². The van der Waals surface area contributed by atoms with Crippen LogP contribution in [-0.2, 0) is 9.47 Å². The fourth-order valence-corrected chi connectivity index (χ4v) is 7.32. The molecule has 5 unspecified atom stereocenters. The van der Waals surface area contributed by atoms with E-state index in [-0.39, 0.29) is 29.5 Å². The highest BCUT2D eigenvalue weighted by Gasteiger charge is 2.53. The lowest BCUT2D eigenvalue weighted by molar-refractivity contribution is -0.0121. The molecule has 0 aromatic heterocycles. The quantitative estimate of drug-likeness (QED) is 0.355. The first-order chi connectivity index (χ1) is 12.8. The van der Waals surface area contributed by atoms with Gasteiger partial charge in [-0.25, -0.2) is 0 Å². The summed E-state index contributed by atoms with van der Waals surface area (Å²) in [5.41, 5.74) is 0.266. The van der Waals surface area contributed by atoms with Crippen LogP contribution in [0.2, 0.25) is 0 Å². The van der Waals surface area contributed by atoms with Crippen molar-refractivity contribution >= 4 is 41.7 Å². The zero-order valence-electron chi connectivity index (χ0n) is 16.3. The normalized spacial score (nSPS) is 41.7. The maximum Gasteiger partial charge on any atom is 0.193 e. The van der Waals surface area contributed by atoms with Crippen molar-refractivity contribution < 1.29 is 9.47 Å². The molecule has 0 aromatic rings. The number of hydrogen-bond donors (Lipinski definition) is 1. The lowest BCUT2D eigenvalue weighted by atomic mass is 9.82. The molecule has 0 saturated carbocycles. The molecule has 1 N–H and O–H groups in total. The number of likely N-dealkylation sites (tertiary alicyclic amines) is 1. The first-order valence-corrected chi connectivity index (χ1v) is 11.5. The van der Waals surface area contributed by atoms with Gasteiger partial charge in [-0.2, -0.15) is 11.8 Å². The number of nitrogens with zero attached hydrogens (tertiary/aromatic N) is 3. The summed E-state index contributed by atoms with van der Waals surface area (Å²) in [6.45, 7) is 7.11. The van der Waals surface area contributed by atoms with Crippen molar-refractivity contribution in [2.75, 3.05) is 64.5 Å². The largest absolute Gasteiger partial charge is 0.379 e. The van der Waals surface area contributed by atoms with Crippen molar-refractivity contribution in [1.82, 2.24) is 15.1 Å². The number of nitrogens with one attached hydrogen (secondary N) is 1. The number of morpholine rings is 1. The Labute approximate surface area is 184 Å². The van der Waals surface area contributed by atoms with Gasteiger partial charge in [0.15, 0.2) is 5.96 Å². The number of rotatable bonds is 3. The van der Waals surface area contributed by atoms with Crippen LogP contribution < -0.4 is 5.32 Å². The highest BCUT2D eigenvalue weighted by molar-refractivity contribution is 14.0. The van der Waals surface area contributed by atoms with Crippen LogP contribution >= 0.6 is 35.7 Å². The van der Waals surface area contributed by atoms with Gasteiger partial charge in [0, 0.05) is 62.9 Å². The Balaban J connectivity index is 0.00000180. The molecule has 5 saturated heterocycles. The summed E-state index contributed by atoms with van der Waals surface area (Å²) in [6.07, 6.45) is 4.83. The van der Waals surface area contributed by atoms with Gasteiger partial charge in [0.1, 0.15) is 0 Å². The first-order valence-electron chi connectivity index (χ1n) is 10.3. The van der Waals surface area contributed by atoms with Gasteiger partial charge >= 0.3 is 0 Å². The summed E-state index contributed by atoms with van der Waals surface area (Å²) in [6, 6.07) is 0. The predicted octanol–water partition coefficient (Wildman–Crippen LogP) is 1.50. The van der Waals surface area contributed by atoms with Crippen molar-refractivity contribution in [2.45, 2.75) is 37.0 Å². The highest BCUT2D eigenvalue weighted by Crippen LogP contribution is 2.47. The molecule has 0 aliphatic carbocycles. The van der Waals surface area contributed by atoms with Crippen molar-refractivity contribution in [3.63, 3.8) is 0 Å². The maximum absolute atomic E-state index is 6.13. The van der Waals surface area contributed by atoms with Crippen LogP contribution in [0.15, 0.2) is 4.99 Å². The van der Waals surface area contributed by atoms with E-state index in [9.17, 15) is 0 Å². The fraction of sp³-hybridized carbons (Fsp3) is 0.947. The standard InChI is InChI=1S/C19H32N4O2S.HI/c1-20-18(22-10-14-15(11-22)17-3-2-16(14)25-17)21-12-19(4-9-26-13-19)23-5-7-24-8-6-23;/h14-17H,2-13H2,1H3,(H,20,21);1H. The lowest BCUT2D eigenvalue weighted by Gasteiger charge is -2.43. The van der Waals surface area contributed by atoms with E-state index in [1.807, 2.05) is 7.05 Å². The van der Waals surface area contributed by atoms with Gasteiger partial charge in [-0.15, -0.1) is 24.0 Å². The summed E-state index contributed by atoms with van der Waals surface area (Å²) in [7, 11) is 1.94. The van der Waals surface area contributed by atoms with E-state index >= 15 is 0 Å². The topological polar surface area (TPSA) is 49.3 Å². The van der Waals surface area contributed by atoms with Crippen LogP contribution in [0.5, 0.6) is 0 Å². The van der Waals surface area contributed by atoms with Crippen LogP contribution in [0, 0.1) is 11.8 Å². The van der Waals surface area contributed by atoms with Crippen LogP contribution in [0.3, 0.4) is 0 Å². The van der Waals surface area contributed by atoms with E-state index < -0.39 is 0 Å². The zero-order valence-corrected chi connectivity index (χ0v) is 19.4. The first kappa shape index (κ1) is 20.5. The Kier molecular flexibility index (Phi) is 6.48. The van der Waals surface area contributed by atoms with E-state index in [0.717, 1.165) is 63.7 Å². The molecule has 5 atom stereocenters. The predicted molar refractivity (Wildman–Crippen MR) is 120 cm³/mol. The third kappa shape index (κ3) is 3.73. The average Bonchev–Trinajstić information content (AvgIpc) is 3.45. The number of hydrogen-bond acceptors (Lipinski definition) is 5. The van der Waals surface area contributed by atoms with Gasteiger partial charge in [-0.1, -0.05) is 0 Å².